The van der Waals surface area contributed by atoms with Gasteiger partial charge < -0.3 is 14.5 Å². The molecule has 27 heavy (non-hydrogen) atoms. The summed E-state index contributed by atoms with van der Waals surface area (Å²) in [5.41, 5.74) is 0.479. The van der Waals surface area contributed by atoms with Crippen molar-refractivity contribution in [2.75, 3.05) is 20.2 Å². The van der Waals surface area contributed by atoms with Gasteiger partial charge in [0.15, 0.2) is 17.1 Å². The number of para-hydroxylation sites is 1. The fraction of sp³-hybridized carbons (Fsp3) is 0.167. The summed E-state index contributed by atoms with van der Waals surface area (Å²) in [4.78, 5) is 12.3. The van der Waals surface area contributed by atoms with Gasteiger partial charge in [-0.2, -0.15) is 0 Å². The van der Waals surface area contributed by atoms with Crippen molar-refractivity contribution in [2.24, 2.45) is 0 Å². The van der Waals surface area contributed by atoms with Crippen molar-refractivity contribution in [3.05, 3.63) is 59.3 Å². The van der Waals surface area contributed by atoms with Gasteiger partial charge >= 0.3 is 0 Å². The Bertz CT molecular complexity index is 1080. The molecule has 1 aromatic heterocycles. The van der Waals surface area contributed by atoms with Gasteiger partial charge in [-0.05, 0) is 30.3 Å². The molecule has 0 bridgehead atoms. The fourth-order valence-electron chi connectivity index (χ4n) is 2.48. The molecule has 0 saturated carbocycles. The number of nitrogens with one attached hydrogen (secondary N) is 2. The topological polar surface area (TPSA) is 97.6 Å². The summed E-state index contributed by atoms with van der Waals surface area (Å²) in [6, 6.07) is 12.9. The summed E-state index contributed by atoms with van der Waals surface area (Å²) < 4.78 is 37.5. The van der Waals surface area contributed by atoms with Crippen LogP contribution in [-0.2, 0) is 10.0 Å². The second-order valence-electron chi connectivity index (χ2n) is 5.60. The van der Waals surface area contributed by atoms with Crippen molar-refractivity contribution in [3.63, 3.8) is 0 Å². The molecule has 0 aliphatic heterocycles. The average Bonchev–Trinajstić information content (AvgIpc) is 3.09. The van der Waals surface area contributed by atoms with Crippen molar-refractivity contribution < 1.29 is 22.4 Å². The Hall–Kier alpha value is -2.55. The number of hydrogen-bond donors (Lipinski definition) is 2. The molecule has 0 aliphatic carbocycles. The van der Waals surface area contributed by atoms with E-state index in [-0.39, 0.29) is 23.7 Å². The van der Waals surface area contributed by atoms with Crippen molar-refractivity contribution in [1.82, 2.24) is 10.0 Å². The number of amides is 1. The number of sulfonamides is 1. The number of fused-ring (bicyclic) bond motifs is 1. The highest BCUT2D eigenvalue weighted by Gasteiger charge is 2.16. The average molecular weight is 409 g/mol. The van der Waals surface area contributed by atoms with E-state index in [0.29, 0.717) is 16.4 Å². The van der Waals surface area contributed by atoms with Crippen LogP contribution >= 0.6 is 11.6 Å². The van der Waals surface area contributed by atoms with Gasteiger partial charge in [-0.1, -0.05) is 29.8 Å². The maximum absolute atomic E-state index is 12.2. The number of ether oxygens (including phenoxy) is 1. The third-order valence-electron chi connectivity index (χ3n) is 3.76. The van der Waals surface area contributed by atoms with E-state index in [0.717, 1.165) is 5.39 Å². The van der Waals surface area contributed by atoms with Crippen LogP contribution in [0.15, 0.2) is 57.8 Å². The maximum atomic E-state index is 12.2. The molecule has 9 heteroatoms. The second-order valence-corrected chi connectivity index (χ2v) is 7.80. The number of furan rings is 1. The highest BCUT2D eigenvalue weighted by atomic mass is 35.5. The zero-order valence-corrected chi connectivity index (χ0v) is 15.9. The lowest BCUT2D eigenvalue weighted by molar-refractivity contribution is 0.0928. The number of benzene rings is 2. The van der Waals surface area contributed by atoms with Crippen LogP contribution in [0.1, 0.15) is 10.6 Å². The first-order valence-corrected chi connectivity index (χ1v) is 9.87. The summed E-state index contributed by atoms with van der Waals surface area (Å²) >= 11 is 5.81. The molecule has 7 nitrogen and oxygen atoms in total. The van der Waals surface area contributed by atoms with Crippen LogP contribution in [0.5, 0.6) is 5.75 Å². The predicted molar refractivity (Wildman–Crippen MR) is 102 cm³/mol. The molecule has 0 spiro atoms. The van der Waals surface area contributed by atoms with Crippen LogP contribution in [-0.4, -0.2) is 34.5 Å². The maximum Gasteiger partial charge on any atom is 0.287 e. The van der Waals surface area contributed by atoms with E-state index in [9.17, 15) is 13.2 Å². The molecule has 2 aromatic carbocycles. The van der Waals surface area contributed by atoms with Crippen LogP contribution in [0, 0.1) is 0 Å². The Balaban J connectivity index is 1.58. The minimum Gasteiger partial charge on any atom is -0.493 e. The highest BCUT2D eigenvalue weighted by Crippen LogP contribution is 2.28. The van der Waals surface area contributed by atoms with Gasteiger partial charge in [-0.3, -0.25) is 4.79 Å². The van der Waals surface area contributed by atoms with Crippen LogP contribution in [0.25, 0.3) is 11.0 Å². The summed E-state index contributed by atoms with van der Waals surface area (Å²) in [6.07, 6.45) is 0. The first-order chi connectivity index (χ1) is 12.9. The number of halogens is 1. The number of carbonyl (C=O) groups is 1. The van der Waals surface area contributed by atoms with Crippen LogP contribution in [0.4, 0.5) is 0 Å². The van der Waals surface area contributed by atoms with E-state index in [1.54, 1.807) is 36.4 Å². The van der Waals surface area contributed by atoms with Crippen LogP contribution in [0.3, 0.4) is 0 Å². The Morgan fingerprint density at radius 3 is 2.67 bits per heavy atom. The molecule has 3 aromatic rings. The zero-order valence-electron chi connectivity index (χ0n) is 14.4. The lowest BCUT2D eigenvalue weighted by atomic mass is 10.2. The molecule has 3 rings (SSSR count). The van der Waals surface area contributed by atoms with Gasteiger partial charge in [0.25, 0.3) is 5.91 Å². The van der Waals surface area contributed by atoms with E-state index in [2.05, 4.69) is 10.0 Å². The normalized spacial score (nSPS) is 11.5. The van der Waals surface area contributed by atoms with Gasteiger partial charge in [-0.15, -0.1) is 0 Å². The fourth-order valence-corrected chi connectivity index (χ4v) is 3.81. The summed E-state index contributed by atoms with van der Waals surface area (Å²) in [6.45, 7) is 0.108. The van der Waals surface area contributed by atoms with Gasteiger partial charge in [-0.25, -0.2) is 13.1 Å². The Labute approximate surface area is 161 Å². The van der Waals surface area contributed by atoms with Gasteiger partial charge in [0.1, 0.15) is 0 Å². The molecule has 1 heterocycles. The molecular weight excluding hydrogens is 392 g/mol. The van der Waals surface area contributed by atoms with Crippen molar-refractivity contribution in [2.45, 2.75) is 4.90 Å². The number of hydrogen-bond acceptors (Lipinski definition) is 5. The molecular formula is C18H17ClN2O5S. The second kappa shape index (κ2) is 7.99. The summed E-state index contributed by atoms with van der Waals surface area (Å²) in [5.74, 6) is 0.197. The molecule has 2 N–H and O–H groups in total. The molecule has 1 amide bonds. The van der Waals surface area contributed by atoms with E-state index in [4.69, 9.17) is 20.8 Å². The lowest BCUT2D eigenvalue weighted by Gasteiger charge is -2.07. The van der Waals surface area contributed by atoms with Crippen molar-refractivity contribution in [3.8, 4) is 5.75 Å². The van der Waals surface area contributed by atoms with E-state index < -0.39 is 15.9 Å². The third-order valence-corrected chi connectivity index (χ3v) is 5.45. The summed E-state index contributed by atoms with van der Waals surface area (Å²) in [7, 11) is -2.18. The molecule has 0 radical (unpaired) electrons. The Morgan fingerprint density at radius 1 is 1.15 bits per heavy atom. The monoisotopic (exact) mass is 408 g/mol. The number of methoxy groups -OCH3 is 1. The Kier molecular flexibility index (Phi) is 5.69. The zero-order chi connectivity index (χ0) is 19.4. The minimum atomic E-state index is -3.70. The smallest absolute Gasteiger partial charge is 0.287 e. The molecule has 142 valence electrons. The first kappa shape index (κ1) is 19.2. The quantitative estimate of drug-likeness (QED) is 0.586. The standard InChI is InChI=1S/C18H17ClN2O5S/c1-25-15-7-2-4-12-10-16(26-17(12)15)18(22)20-8-9-21-27(23,24)14-6-3-5-13(19)11-14/h2-7,10-11,21H,8-9H2,1H3,(H,20,22). The van der Waals surface area contributed by atoms with Crippen LogP contribution < -0.4 is 14.8 Å². The minimum absolute atomic E-state index is 0.0180. The molecule has 0 saturated heterocycles. The highest BCUT2D eigenvalue weighted by molar-refractivity contribution is 7.89. The number of carbonyl (C=O) groups excluding carboxylic acids is 1. The first-order valence-electron chi connectivity index (χ1n) is 8.01. The van der Waals surface area contributed by atoms with E-state index in [1.807, 2.05) is 0 Å². The predicted octanol–water partition coefficient (Wildman–Crippen LogP) is 2.80. The molecule has 0 aliphatic rings. The molecule has 0 unspecified atom stereocenters. The molecule has 0 fully saturated rings. The third kappa shape index (κ3) is 4.41. The SMILES string of the molecule is COc1cccc2cc(C(=O)NCCNS(=O)(=O)c3cccc(Cl)c3)oc12. The summed E-state index contributed by atoms with van der Waals surface area (Å²) in [5, 5.41) is 3.67. The number of rotatable bonds is 7. The van der Waals surface area contributed by atoms with Gasteiger partial charge in [0, 0.05) is 23.5 Å². The van der Waals surface area contributed by atoms with Crippen molar-refractivity contribution in [1.29, 1.82) is 0 Å². The van der Waals surface area contributed by atoms with E-state index >= 15 is 0 Å². The Morgan fingerprint density at radius 2 is 1.93 bits per heavy atom. The van der Waals surface area contributed by atoms with Gasteiger partial charge in [0.05, 0.1) is 12.0 Å². The lowest BCUT2D eigenvalue weighted by Crippen LogP contribution is -2.34. The molecule has 0 atom stereocenters. The van der Waals surface area contributed by atoms with Gasteiger partial charge in [0.2, 0.25) is 10.0 Å². The largest absolute Gasteiger partial charge is 0.493 e. The van der Waals surface area contributed by atoms with Crippen LogP contribution in [0.2, 0.25) is 5.02 Å². The van der Waals surface area contributed by atoms with E-state index in [1.165, 1.54) is 19.2 Å². The van der Waals surface area contributed by atoms with Crippen molar-refractivity contribution >= 4 is 38.5 Å².